The molecule has 0 unspecified atom stereocenters. The van der Waals surface area contributed by atoms with Gasteiger partial charge in [0, 0.05) is 40.0 Å². The number of nitrogens with zero attached hydrogens (tertiary/aromatic N) is 2. The van der Waals surface area contributed by atoms with Crippen LogP contribution in [0.15, 0.2) is 54.6 Å². The van der Waals surface area contributed by atoms with Crippen LogP contribution in [0, 0.1) is 0 Å². The Bertz CT molecular complexity index is 1160. The van der Waals surface area contributed by atoms with Crippen LogP contribution in [0.5, 0.6) is 5.75 Å². The van der Waals surface area contributed by atoms with Gasteiger partial charge in [-0.3, -0.25) is 19.2 Å². The summed E-state index contributed by atoms with van der Waals surface area (Å²) < 4.78 is 5.94. The quantitative estimate of drug-likeness (QED) is 0.577. The van der Waals surface area contributed by atoms with Gasteiger partial charge in [0.05, 0.1) is 12.2 Å². The van der Waals surface area contributed by atoms with Crippen LogP contribution < -0.4 is 15.4 Å². The number of amides is 4. The maximum absolute atomic E-state index is 13.6. The smallest absolute Gasteiger partial charge is 0.255 e. The number of hydrogen-bond donors (Lipinski definition) is 2. The van der Waals surface area contributed by atoms with Crippen LogP contribution in [0.3, 0.4) is 0 Å². The van der Waals surface area contributed by atoms with Gasteiger partial charge >= 0.3 is 0 Å². The van der Waals surface area contributed by atoms with Crippen molar-refractivity contribution in [1.29, 1.82) is 0 Å². The van der Waals surface area contributed by atoms with Gasteiger partial charge in [-0.15, -0.1) is 0 Å². The van der Waals surface area contributed by atoms with Crippen LogP contribution in [-0.4, -0.2) is 79.3 Å². The normalized spacial score (nSPS) is 20.1. The van der Waals surface area contributed by atoms with E-state index in [9.17, 15) is 19.2 Å². The zero-order valence-electron chi connectivity index (χ0n) is 24.6. The molecule has 0 aliphatic carbocycles. The molecule has 9 heteroatoms. The molecule has 0 saturated carbocycles. The Morgan fingerprint density at radius 1 is 0.976 bits per heavy atom. The molecular formula is C32H44N4O5. The van der Waals surface area contributed by atoms with Gasteiger partial charge in [0.25, 0.3) is 5.91 Å². The van der Waals surface area contributed by atoms with E-state index >= 15 is 0 Å². The van der Waals surface area contributed by atoms with Gasteiger partial charge in [-0.2, -0.15) is 0 Å². The Kier molecular flexibility index (Phi) is 12.7. The predicted molar refractivity (Wildman–Crippen MR) is 159 cm³/mol. The number of rotatable bonds is 5. The number of ether oxygens (including phenoxy) is 1. The summed E-state index contributed by atoms with van der Waals surface area (Å²) in [4.78, 5) is 56.6. The highest BCUT2D eigenvalue weighted by molar-refractivity contribution is 5.99. The van der Waals surface area contributed by atoms with E-state index < -0.39 is 18.0 Å². The molecule has 4 amide bonds. The number of hydrogen-bond acceptors (Lipinski definition) is 5. The first-order valence-electron chi connectivity index (χ1n) is 14.7. The van der Waals surface area contributed by atoms with Gasteiger partial charge in [-0.05, 0) is 43.4 Å². The van der Waals surface area contributed by atoms with Crippen molar-refractivity contribution in [2.45, 2.75) is 70.4 Å². The lowest BCUT2D eigenvalue weighted by Crippen LogP contribution is -2.50. The van der Waals surface area contributed by atoms with Crippen molar-refractivity contribution in [2.24, 2.45) is 0 Å². The van der Waals surface area contributed by atoms with E-state index in [-0.39, 0.29) is 30.6 Å². The zero-order valence-corrected chi connectivity index (χ0v) is 24.6. The molecule has 0 saturated heterocycles. The molecule has 2 atom stereocenters. The molecule has 0 bridgehead atoms. The Balaban J connectivity index is 1.86. The monoisotopic (exact) mass is 564 g/mol. The van der Waals surface area contributed by atoms with Crippen molar-refractivity contribution in [2.75, 3.05) is 33.8 Å². The van der Waals surface area contributed by atoms with E-state index in [0.29, 0.717) is 37.4 Å². The van der Waals surface area contributed by atoms with Crippen molar-refractivity contribution in [3.63, 3.8) is 0 Å². The second-order valence-electron chi connectivity index (χ2n) is 10.6. The Morgan fingerprint density at radius 2 is 1.68 bits per heavy atom. The highest BCUT2D eigenvalue weighted by Gasteiger charge is 2.31. The molecule has 2 N–H and O–H groups in total. The van der Waals surface area contributed by atoms with E-state index in [2.05, 4.69) is 10.6 Å². The molecule has 41 heavy (non-hydrogen) atoms. The number of likely N-dealkylation sites (N-methyl/N-ethyl adjacent to an activating group) is 2. The van der Waals surface area contributed by atoms with Crippen molar-refractivity contribution < 1.29 is 23.9 Å². The highest BCUT2D eigenvalue weighted by Crippen LogP contribution is 2.20. The average molecular weight is 565 g/mol. The first kappa shape index (κ1) is 31.6. The van der Waals surface area contributed by atoms with Gasteiger partial charge in [0.1, 0.15) is 17.8 Å². The number of para-hydroxylation sites is 1. The lowest BCUT2D eigenvalue weighted by atomic mass is 10.0. The average Bonchev–Trinajstić information content (AvgIpc) is 2.99. The second-order valence-corrected chi connectivity index (χ2v) is 10.6. The standard InChI is InChI=1S/C32H44N4O5/c1-4-20-33-31(39)26-18-19-29(37)36(3)27(23-24-14-8-7-9-15-24)32(40)35(2)21-12-5-6-13-22-41-28-17-11-10-16-25(28)30(38)34-26/h7-11,14-17,26-27H,4-6,12-13,18-23H2,1-3H3,(H,33,39)(H,34,38)/t26-,27-/m0/s1. The van der Waals surface area contributed by atoms with Crippen molar-refractivity contribution in [1.82, 2.24) is 20.4 Å². The summed E-state index contributed by atoms with van der Waals surface area (Å²) in [6.45, 7) is 3.45. The number of carbonyl (C=O) groups is 4. The summed E-state index contributed by atoms with van der Waals surface area (Å²) in [5, 5.41) is 5.65. The predicted octanol–water partition coefficient (Wildman–Crippen LogP) is 3.57. The van der Waals surface area contributed by atoms with E-state index in [0.717, 1.165) is 37.7 Å². The first-order chi connectivity index (χ1) is 19.8. The Morgan fingerprint density at radius 3 is 2.44 bits per heavy atom. The SMILES string of the molecule is CCCNC(=O)[C@@H]1CCC(=O)N(C)[C@@H](Cc2ccccc2)C(=O)N(C)CCCCCCOc2ccccc2C(=O)N1. The third kappa shape index (κ3) is 9.62. The molecule has 9 nitrogen and oxygen atoms in total. The number of fused-ring (bicyclic) bond motifs is 1. The number of nitrogens with one attached hydrogen (secondary N) is 2. The topological polar surface area (TPSA) is 108 Å². The molecule has 1 aliphatic heterocycles. The van der Waals surface area contributed by atoms with Gasteiger partial charge in [0.15, 0.2) is 0 Å². The molecule has 0 aromatic heterocycles. The van der Waals surface area contributed by atoms with E-state index in [1.54, 1.807) is 43.3 Å². The Labute approximate surface area is 243 Å². The fraction of sp³-hybridized carbons (Fsp3) is 0.500. The van der Waals surface area contributed by atoms with Crippen LogP contribution in [0.2, 0.25) is 0 Å². The zero-order chi connectivity index (χ0) is 29.6. The number of carbonyl (C=O) groups excluding carboxylic acids is 4. The van der Waals surface area contributed by atoms with E-state index in [4.69, 9.17) is 4.74 Å². The molecule has 3 rings (SSSR count). The maximum atomic E-state index is 13.6. The van der Waals surface area contributed by atoms with Crippen LogP contribution in [0.1, 0.15) is 67.8 Å². The van der Waals surface area contributed by atoms with Crippen LogP contribution >= 0.6 is 0 Å². The molecule has 1 aliphatic rings. The molecule has 2 aromatic rings. The third-order valence-electron chi connectivity index (χ3n) is 7.39. The van der Waals surface area contributed by atoms with E-state index in [1.807, 2.05) is 37.3 Å². The Hall–Kier alpha value is -3.88. The van der Waals surface area contributed by atoms with Gasteiger partial charge in [0.2, 0.25) is 17.7 Å². The molecule has 0 spiro atoms. The molecular weight excluding hydrogens is 520 g/mol. The van der Waals surface area contributed by atoms with Crippen molar-refractivity contribution >= 4 is 23.6 Å². The largest absolute Gasteiger partial charge is 0.493 e. The molecule has 2 aromatic carbocycles. The molecule has 0 fully saturated rings. The first-order valence-corrected chi connectivity index (χ1v) is 14.7. The van der Waals surface area contributed by atoms with Crippen molar-refractivity contribution in [3.8, 4) is 5.75 Å². The van der Waals surface area contributed by atoms with Crippen LogP contribution in [-0.2, 0) is 20.8 Å². The van der Waals surface area contributed by atoms with Crippen molar-refractivity contribution in [3.05, 3.63) is 65.7 Å². The summed E-state index contributed by atoms with van der Waals surface area (Å²) in [5.41, 5.74) is 1.30. The summed E-state index contributed by atoms with van der Waals surface area (Å²) >= 11 is 0. The van der Waals surface area contributed by atoms with Crippen LogP contribution in [0.4, 0.5) is 0 Å². The van der Waals surface area contributed by atoms with Gasteiger partial charge in [-0.25, -0.2) is 0 Å². The summed E-state index contributed by atoms with van der Waals surface area (Å²) in [7, 11) is 3.42. The van der Waals surface area contributed by atoms with Gasteiger partial charge in [-0.1, -0.05) is 62.2 Å². The third-order valence-corrected chi connectivity index (χ3v) is 7.39. The molecule has 1 heterocycles. The summed E-state index contributed by atoms with van der Waals surface area (Å²) in [6.07, 6.45) is 4.70. The summed E-state index contributed by atoms with van der Waals surface area (Å²) in [6, 6.07) is 15.0. The maximum Gasteiger partial charge on any atom is 0.255 e. The second kappa shape index (κ2) is 16.4. The highest BCUT2D eigenvalue weighted by atomic mass is 16.5. The number of benzene rings is 2. The van der Waals surface area contributed by atoms with E-state index in [1.165, 1.54) is 4.90 Å². The fourth-order valence-corrected chi connectivity index (χ4v) is 4.85. The minimum absolute atomic E-state index is 0.0125. The van der Waals surface area contributed by atoms with Crippen LogP contribution in [0.25, 0.3) is 0 Å². The fourth-order valence-electron chi connectivity index (χ4n) is 4.85. The molecule has 222 valence electrons. The summed E-state index contributed by atoms with van der Waals surface area (Å²) in [5.74, 6) is -0.712. The van der Waals surface area contributed by atoms with Gasteiger partial charge < -0.3 is 25.2 Å². The minimum atomic E-state index is -0.924. The minimum Gasteiger partial charge on any atom is -0.493 e. The lowest BCUT2D eigenvalue weighted by molar-refractivity contribution is -0.144. The molecule has 0 radical (unpaired) electrons. The lowest BCUT2D eigenvalue weighted by Gasteiger charge is -2.31.